The van der Waals surface area contributed by atoms with E-state index in [0.717, 1.165) is 12.2 Å². The number of hydrogen-bond donors (Lipinski definition) is 0. The first-order valence-corrected chi connectivity index (χ1v) is 6.38. The number of aromatic nitrogens is 1. The molecular weight excluding hydrogens is 257 g/mol. The van der Waals surface area contributed by atoms with E-state index in [2.05, 4.69) is 16.0 Å². The van der Waals surface area contributed by atoms with Crippen molar-refractivity contribution in [3.63, 3.8) is 0 Å². The molecule has 2 rings (SSSR count). The van der Waals surface area contributed by atoms with Crippen LogP contribution in [0.4, 0.5) is 0 Å². The molecule has 1 aromatic heterocycles. The average Bonchev–Trinajstić information content (AvgIpc) is 3.13. The van der Waals surface area contributed by atoms with Gasteiger partial charge in [0.15, 0.2) is 0 Å². The Labute approximate surface area is 111 Å². The van der Waals surface area contributed by atoms with Gasteiger partial charge in [-0.1, -0.05) is 23.2 Å². The Kier molecular flexibility index (Phi) is 4.22. The lowest BCUT2D eigenvalue weighted by Gasteiger charge is -2.20. The van der Waals surface area contributed by atoms with Gasteiger partial charge in [-0.2, -0.15) is 5.26 Å². The molecule has 0 aliphatic heterocycles. The Bertz CT molecular complexity index is 438. The third-order valence-corrected chi connectivity index (χ3v) is 3.37. The number of halogens is 2. The summed E-state index contributed by atoms with van der Waals surface area (Å²) < 4.78 is 0. The highest BCUT2D eigenvalue weighted by Gasteiger charge is 2.29. The summed E-state index contributed by atoms with van der Waals surface area (Å²) in [7, 11) is 0. The van der Waals surface area contributed by atoms with Gasteiger partial charge < -0.3 is 0 Å². The molecule has 17 heavy (non-hydrogen) atoms. The number of hydrogen-bond acceptors (Lipinski definition) is 3. The van der Waals surface area contributed by atoms with Crippen molar-refractivity contribution < 1.29 is 0 Å². The fourth-order valence-electron chi connectivity index (χ4n) is 1.78. The topological polar surface area (TPSA) is 39.9 Å². The highest BCUT2D eigenvalue weighted by molar-refractivity contribution is 6.32. The van der Waals surface area contributed by atoms with Crippen molar-refractivity contribution in [1.29, 1.82) is 5.26 Å². The second-order valence-electron chi connectivity index (χ2n) is 4.17. The van der Waals surface area contributed by atoms with Crippen LogP contribution in [0.2, 0.25) is 10.2 Å². The molecule has 0 radical (unpaired) electrons. The molecule has 5 heteroatoms. The van der Waals surface area contributed by atoms with Crippen molar-refractivity contribution in [2.45, 2.75) is 31.8 Å². The normalized spacial score (nSPS) is 14.9. The van der Waals surface area contributed by atoms with Gasteiger partial charge in [-0.05, 0) is 25.0 Å². The molecule has 0 unspecified atom stereocenters. The maximum Gasteiger partial charge on any atom is 0.129 e. The molecule has 1 aliphatic carbocycles. The zero-order valence-electron chi connectivity index (χ0n) is 9.37. The molecule has 1 saturated carbocycles. The first-order valence-electron chi connectivity index (χ1n) is 5.62. The van der Waals surface area contributed by atoms with E-state index in [4.69, 9.17) is 28.5 Å². The third-order valence-electron chi connectivity index (χ3n) is 2.81. The van der Waals surface area contributed by atoms with Crippen LogP contribution in [0.25, 0.3) is 0 Å². The summed E-state index contributed by atoms with van der Waals surface area (Å²) in [6, 6.07) is 6.21. The zero-order chi connectivity index (χ0) is 12.3. The van der Waals surface area contributed by atoms with Gasteiger partial charge in [0.05, 0.1) is 16.8 Å². The van der Waals surface area contributed by atoms with Crippen molar-refractivity contribution in [3.05, 3.63) is 28.0 Å². The zero-order valence-corrected chi connectivity index (χ0v) is 10.9. The summed E-state index contributed by atoms with van der Waals surface area (Å²) in [6.07, 6.45) is 2.93. The van der Waals surface area contributed by atoms with Gasteiger partial charge >= 0.3 is 0 Å². The van der Waals surface area contributed by atoms with Crippen LogP contribution >= 0.6 is 23.2 Å². The number of pyridine rings is 1. The minimum atomic E-state index is 0.459. The van der Waals surface area contributed by atoms with E-state index in [9.17, 15) is 0 Å². The van der Waals surface area contributed by atoms with Crippen LogP contribution in [-0.4, -0.2) is 22.5 Å². The Balaban J connectivity index is 2.06. The van der Waals surface area contributed by atoms with Crippen molar-refractivity contribution in [1.82, 2.24) is 9.88 Å². The standard InChI is InChI=1S/C12H13Cl2N3/c13-10-4-5-12(14)16-11(10)8-17(7-1-6-15)9-2-3-9/h4-5,9H,1-3,7-8H2. The smallest absolute Gasteiger partial charge is 0.129 e. The fourth-order valence-corrected chi connectivity index (χ4v) is 2.12. The maximum atomic E-state index is 8.64. The Hall–Kier alpha value is -0.820. The molecule has 1 heterocycles. The largest absolute Gasteiger partial charge is 0.293 e. The number of rotatable bonds is 5. The Morgan fingerprint density at radius 2 is 2.18 bits per heavy atom. The van der Waals surface area contributed by atoms with E-state index < -0.39 is 0 Å². The van der Waals surface area contributed by atoms with Crippen LogP contribution in [0.5, 0.6) is 0 Å². The second kappa shape index (κ2) is 5.68. The van der Waals surface area contributed by atoms with Crippen molar-refractivity contribution in [3.8, 4) is 6.07 Å². The Morgan fingerprint density at radius 1 is 1.41 bits per heavy atom. The molecular formula is C12H13Cl2N3. The molecule has 1 aromatic rings. The minimum Gasteiger partial charge on any atom is -0.293 e. The molecule has 0 bridgehead atoms. The fraction of sp³-hybridized carbons (Fsp3) is 0.500. The molecule has 0 atom stereocenters. The molecule has 1 aliphatic rings. The van der Waals surface area contributed by atoms with Gasteiger partial charge in [0.2, 0.25) is 0 Å². The molecule has 3 nitrogen and oxygen atoms in total. The van der Waals surface area contributed by atoms with Crippen LogP contribution in [0.3, 0.4) is 0 Å². The van der Waals surface area contributed by atoms with Gasteiger partial charge in [0.25, 0.3) is 0 Å². The van der Waals surface area contributed by atoms with Crippen molar-refractivity contribution >= 4 is 23.2 Å². The van der Waals surface area contributed by atoms with Gasteiger partial charge in [-0.25, -0.2) is 4.98 Å². The monoisotopic (exact) mass is 269 g/mol. The summed E-state index contributed by atoms with van der Waals surface area (Å²) in [5, 5.41) is 9.74. The van der Waals surface area contributed by atoms with Crippen LogP contribution < -0.4 is 0 Å². The average molecular weight is 270 g/mol. The van der Waals surface area contributed by atoms with Gasteiger partial charge in [-0.15, -0.1) is 0 Å². The van der Waals surface area contributed by atoms with Crippen LogP contribution in [0.15, 0.2) is 12.1 Å². The first-order chi connectivity index (χ1) is 8.20. The number of nitrogens with zero attached hydrogens (tertiary/aromatic N) is 3. The predicted octanol–water partition coefficient (Wildman–Crippen LogP) is 3.27. The summed E-state index contributed by atoms with van der Waals surface area (Å²) in [5.74, 6) is 0. The van der Waals surface area contributed by atoms with Crippen molar-refractivity contribution in [2.75, 3.05) is 6.54 Å². The second-order valence-corrected chi connectivity index (χ2v) is 4.97. The summed E-state index contributed by atoms with van der Waals surface area (Å²) in [6.45, 7) is 1.44. The SMILES string of the molecule is N#CCCN(Cc1nc(Cl)ccc1Cl)C1CC1. The van der Waals surface area contributed by atoms with Gasteiger partial charge in [-0.3, -0.25) is 4.90 Å². The summed E-state index contributed by atoms with van der Waals surface area (Å²) >= 11 is 11.9. The van der Waals surface area contributed by atoms with Gasteiger partial charge in [0, 0.05) is 25.6 Å². The van der Waals surface area contributed by atoms with E-state index >= 15 is 0 Å². The lowest BCUT2D eigenvalue weighted by molar-refractivity contribution is 0.258. The quantitative estimate of drug-likeness (QED) is 0.771. The van der Waals surface area contributed by atoms with E-state index in [0.29, 0.717) is 29.2 Å². The summed E-state index contributed by atoms with van der Waals surface area (Å²) in [5.41, 5.74) is 0.795. The van der Waals surface area contributed by atoms with Gasteiger partial charge in [0.1, 0.15) is 5.15 Å². The third kappa shape index (κ3) is 3.57. The molecule has 0 N–H and O–H groups in total. The summed E-state index contributed by atoms with van der Waals surface area (Å²) in [4.78, 5) is 6.50. The van der Waals surface area contributed by atoms with E-state index in [1.807, 2.05) is 0 Å². The highest BCUT2D eigenvalue weighted by Crippen LogP contribution is 2.29. The van der Waals surface area contributed by atoms with E-state index in [1.54, 1.807) is 12.1 Å². The lowest BCUT2D eigenvalue weighted by Crippen LogP contribution is -2.27. The molecule has 0 aromatic carbocycles. The first kappa shape index (κ1) is 12.6. The Morgan fingerprint density at radius 3 is 2.82 bits per heavy atom. The highest BCUT2D eigenvalue weighted by atomic mass is 35.5. The van der Waals surface area contributed by atoms with Crippen LogP contribution in [0, 0.1) is 11.3 Å². The maximum absolute atomic E-state index is 8.64. The van der Waals surface area contributed by atoms with Crippen LogP contribution in [-0.2, 0) is 6.54 Å². The predicted molar refractivity (Wildman–Crippen MR) is 67.9 cm³/mol. The molecule has 0 saturated heterocycles. The minimum absolute atomic E-state index is 0.459. The van der Waals surface area contributed by atoms with E-state index in [1.165, 1.54) is 12.8 Å². The molecule has 1 fully saturated rings. The molecule has 0 spiro atoms. The number of nitriles is 1. The van der Waals surface area contributed by atoms with E-state index in [-0.39, 0.29) is 0 Å². The van der Waals surface area contributed by atoms with Crippen molar-refractivity contribution in [2.24, 2.45) is 0 Å². The molecule has 90 valence electrons. The molecule has 0 amide bonds. The lowest BCUT2D eigenvalue weighted by atomic mass is 10.3. The van der Waals surface area contributed by atoms with Crippen LogP contribution in [0.1, 0.15) is 25.0 Å².